The molecule has 1 atom stereocenters. The van der Waals surface area contributed by atoms with Crippen LogP contribution in [0.15, 0.2) is 0 Å². The fourth-order valence-corrected chi connectivity index (χ4v) is 5.88. The standard InChI is InChI=1S/C16H25NO2/c18-14-2-1-3-15(19)17(10-14)16-7-11-4-12(8-16)6-13(5-11)9-16/h11-14,18H,1-10H2. The van der Waals surface area contributed by atoms with E-state index in [0.717, 1.165) is 30.6 Å². The Balaban J connectivity index is 1.64. The molecule has 1 N–H and O–H groups in total. The van der Waals surface area contributed by atoms with Crippen LogP contribution < -0.4 is 0 Å². The second-order valence-corrected chi connectivity index (χ2v) is 7.69. The summed E-state index contributed by atoms with van der Waals surface area (Å²) in [4.78, 5) is 14.6. The number of hydrogen-bond acceptors (Lipinski definition) is 2. The SMILES string of the molecule is O=C1CCCC(O)CN1C12CC3CC(CC(C3)C1)C2. The van der Waals surface area contributed by atoms with Gasteiger partial charge in [0.2, 0.25) is 5.91 Å². The molecule has 1 amide bonds. The van der Waals surface area contributed by atoms with Crippen molar-refractivity contribution in [3.63, 3.8) is 0 Å². The Labute approximate surface area is 115 Å². The zero-order valence-electron chi connectivity index (χ0n) is 11.7. The van der Waals surface area contributed by atoms with Gasteiger partial charge in [-0.25, -0.2) is 0 Å². The first-order valence-electron chi connectivity index (χ1n) is 8.13. The maximum Gasteiger partial charge on any atom is 0.223 e. The molecule has 0 radical (unpaired) electrons. The van der Waals surface area contributed by atoms with Gasteiger partial charge in [-0.1, -0.05) is 0 Å². The number of β-amino-alcohol motifs (C(OH)–C–C–N with tert-alkyl or cyclic N) is 1. The number of nitrogens with zero attached hydrogens (tertiary/aromatic N) is 1. The van der Waals surface area contributed by atoms with Crippen LogP contribution in [0.25, 0.3) is 0 Å². The molecule has 5 fully saturated rings. The third-order valence-electron chi connectivity index (χ3n) is 6.20. The fourth-order valence-electron chi connectivity index (χ4n) is 5.88. The Kier molecular flexibility index (Phi) is 2.70. The van der Waals surface area contributed by atoms with Crippen LogP contribution in [-0.4, -0.2) is 34.1 Å². The fraction of sp³-hybridized carbons (Fsp3) is 0.938. The van der Waals surface area contributed by atoms with Gasteiger partial charge >= 0.3 is 0 Å². The Hall–Kier alpha value is -0.570. The van der Waals surface area contributed by atoms with Gasteiger partial charge in [0.1, 0.15) is 0 Å². The van der Waals surface area contributed by atoms with Crippen LogP contribution in [0.3, 0.4) is 0 Å². The highest BCUT2D eigenvalue weighted by atomic mass is 16.3. The Morgan fingerprint density at radius 1 is 1.05 bits per heavy atom. The quantitative estimate of drug-likeness (QED) is 0.789. The third-order valence-corrected chi connectivity index (χ3v) is 6.20. The van der Waals surface area contributed by atoms with Crippen LogP contribution in [-0.2, 0) is 4.79 Å². The van der Waals surface area contributed by atoms with Crippen LogP contribution in [0.2, 0.25) is 0 Å². The average Bonchev–Trinajstić information content (AvgIpc) is 2.50. The monoisotopic (exact) mass is 263 g/mol. The summed E-state index contributed by atoms with van der Waals surface area (Å²) in [6.07, 6.45) is 9.90. The molecule has 0 aromatic rings. The summed E-state index contributed by atoms with van der Waals surface area (Å²) >= 11 is 0. The van der Waals surface area contributed by atoms with Gasteiger partial charge in [0.25, 0.3) is 0 Å². The van der Waals surface area contributed by atoms with Gasteiger partial charge in [-0.15, -0.1) is 0 Å². The van der Waals surface area contributed by atoms with E-state index in [0.29, 0.717) is 18.9 Å². The molecule has 19 heavy (non-hydrogen) atoms. The van der Waals surface area contributed by atoms with Crippen molar-refractivity contribution in [3.05, 3.63) is 0 Å². The number of hydrogen-bond donors (Lipinski definition) is 1. The second-order valence-electron chi connectivity index (χ2n) is 7.69. The van der Waals surface area contributed by atoms with Gasteiger partial charge in [0.15, 0.2) is 0 Å². The van der Waals surface area contributed by atoms with Crippen molar-refractivity contribution in [1.82, 2.24) is 4.90 Å². The molecule has 5 aliphatic rings. The van der Waals surface area contributed by atoms with Gasteiger partial charge in [0.05, 0.1) is 6.10 Å². The van der Waals surface area contributed by atoms with Crippen molar-refractivity contribution >= 4 is 5.91 Å². The zero-order valence-corrected chi connectivity index (χ0v) is 11.7. The van der Waals surface area contributed by atoms with Crippen molar-refractivity contribution in [1.29, 1.82) is 0 Å². The molecule has 4 aliphatic carbocycles. The van der Waals surface area contributed by atoms with Gasteiger partial charge in [0, 0.05) is 18.5 Å². The average molecular weight is 263 g/mol. The summed E-state index contributed by atoms with van der Waals surface area (Å²) < 4.78 is 0. The number of likely N-dealkylation sites (tertiary alicyclic amines) is 1. The smallest absolute Gasteiger partial charge is 0.223 e. The van der Waals surface area contributed by atoms with E-state index < -0.39 is 0 Å². The molecule has 4 bridgehead atoms. The zero-order chi connectivity index (χ0) is 13.0. The van der Waals surface area contributed by atoms with Gasteiger partial charge in [-0.2, -0.15) is 0 Å². The van der Waals surface area contributed by atoms with E-state index in [4.69, 9.17) is 0 Å². The van der Waals surface area contributed by atoms with Crippen molar-refractivity contribution in [2.45, 2.75) is 69.4 Å². The maximum atomic E-state index is 12.5. The van der Waals surface area contributed by atoms with Crippen molar-refractivity contribution < 1.29 is 9.90 Å². The first-order valence-corrected chi connectivity index (χ1v) is 8.13. The van der Waals surface area contributed by atoms with Crippen LogP contribution in [0.5, 0.6) is 0 Å². The van der Waals surface area contributed by atoms with E-state index in [-0.39, 0.29) is 11.6 Å². The maximum absolute atomic E-state index is 12.5. The topological polar surface area (TPSA) is 40.5 Å². The molecule has 1 aliphatic heterocycles. The molecule has 1 saturated heterocycles. The van der Waals surface area contributed by atoms with E-state index in [1.54, 1.807) is 0 Å². The minimum absolute atomic E-state index is 0.136. The van der Waals surface area contributed by atoms with Crippen molar-refractivity contribution in [2.75, 3.05) is 6.54 Å². The molecule has 3 heteroatoms. The highest BCUT2D eigenvalue weighted by molar-refractivity contribution is 5.77. The van der Waals surface area contributed by atoms with Crippen molar-refractivity contribution in [2.24, 2.45) is 17.8 Å². The number of amides is 1. The lowest BCUT2D eigenvalue weighted by Gasteiger charge is -2.60. The Bertz CT molecular complexity index is 357. The van der Waals surface area contributed by atoms with Crippen LogP contribution in [0, 0.1) is 17.8 Å². The largest absolute Gasteiger partial charge is 0.391 e. The summed E-state index contributed by atoms with van der Waals surface area (Å²) in [6.45, 7) is 0.602. The second kappa shape index (κ2) is 4.21. The lowest BCUT2D eigenvalue weighted by molar-refractivity contribution is -0.152. The summed E-state index contributed by atoms with van der Waals surface area (Å²) in [6, 6.07) is 0. The number of aliphatic hydroxyl groups excluding tert-OH is 1. The molecule has 1 unspecified atom stereocenters. The molecule has 4 saturated carbocycles. The first-order chi connectivity index (χ1) is 9.14. The van der Waals surface area contributed by atoms with E-state index in [9.17, 15) is 9.90 Å². The van der Waals surface area contributed by atoms with E-state index in [1.807, 2.05) is 0 Å². The summed E-state index contributed by atoms with van der Waals surface area (Å²) in [7, 11) is 0. The lowest BCUT2D eigenvalue weighted by Crippen LogP contribution is -2.62. The molecular formula is C16H25NO2. The molecular weight excluding hydrogens is 238 g/mol. The Morgan fingerprint density at radius 3 is 2.21 bits per heavy atom. The molecule has 0 spiro atoms. The minimum Gasteiger partial charge on any atom is -0.391 e. The number of aliphatic hydroxyl groups is 1. The number of carbonyl (C=O) groups excluding carboxylic acids is 1. The first kappa shape index (κ1) is 12.2. The molecule has 0 aromatic carbocycles. The lowest BCUT2D eigenvalue weighted by atomic mass is 9.52. The minimum atomic E-state index is -0.292. The third kappa shape index (κ3) is 1.93. The summed E-state index contributed by atoms with van der Waals surface area (Å²) in [5.74, 6) is 2.90. The van der Waals surface area contributed by atoms with Crippen LogP contribution >= 0.6 is 0 Å². The normalized spacial score (nSPS) is 49.5. The summed E-state index contributed by atoms with van der Waals surface area (Å²) in [5.41, 5.74) is 0.136. The van der Waals surface area contributed by atoms with Crippen LogP contribution in [0.1, 0.15) is 57.8 Å². The predicted molar refractivity (Wildman–Crippen MR) is 72.5 cm³/mol. The number of carbonyl (C=O) groups is 1. The molecule has 0 aromatic heterocycles. The highest BCUT2D eigenvalue weighted by Gasteiger charge is 2.54. The van der Waals surface area contributed by atoms with Crippen LogP contribution in [0.4, 0.5) is 0 Å². The Morgan fingerprint density at radius 2 is 1.63 bits per heavy atom. The van der Waals surface area contributed by atoms with E-state index in [1.165, 1.54) is 38.5 Å². The molecule has 106 valence electrons. The summed E-state index contributed by atoms with van der Waals surface area (Å²) in [5, 5.41) is 10.1. The van der Waals surface area contributed by atoms with E-state index >= 15 is 0 Å². The number of rotatable bonds is 1. The van der Waals surface area contributed by atoms with Crippen molar-refractivity contribution in [3.8, 4) is 0 Å². The highest BCUT2D eigenvalue weighted by Crippen LogP contribution is 2.58. The van der Waals surface area contributed by atoms with Gasteiger partial charge < -0.3 is 10.0 Å². The van der Waals surface area contributed by atoms with Gasteiger partial charge in [-0.3, -0.25) is 4.79 Å². The predicted octanol–water partition coefficient (Wildman–Crippen LogP) is 2.33. The van der Waals surface area contributed by atoms with Gasteiger partial charge in [-0.05, 0) is 69.1 Å². The molecule has 3 nitrogen and oxygen atoms in total. The molecule has 5 rings (SSSR count). The van der Waals surface area contributed by atoms with E-state index in [2.05, 4.69) is 4.90 Å². The molecule has 1 heterocycles.